The number of imidazole rings is 1. The minimum atomic E-state index is -0.348. The second kappa shape index (κ2) is 11.5. The van der Waals surface area contributed by atoms with Gasteiger partial charge < -0.3 is 20.5 Å². The summed E-state index contributed by atoms with van der Waals surface area (Å²) in [7, 11) is 3.98. The summed E-state index contributed by atoms with van der Waals surface area (Å²) in [6.45, 7) is 1.50. The number of aromatic nitrogens is 7. The molecule has 7 rings (SSSR count). The number of likely N-dealkylation sites (N-methyl/N-ethyl adjacent to an activating group) is 1. The Bertz CT molecular complexity index is 1990. The number of carbonyl (C=O) groups is 1. The van der Waals surface area contributed by atoms with Crippen molar-refractivity contribution in [1.82, 2.24) is 40.0 Å². The molecule has 1 fully saturated rings. The lowest BCUT2D eigenvalue weighted by Crippen LogP contribution is -2.28. The molecule has 1 aliphatic rings. The van der Waals surface area contributed by atoms with Crippen LogP contribution in [0.15, 0.2) is 61.2 Å². The SMILES string of the molecule is CN(C)CCNc1cc(F)cc(-c2cncc3[nH]c(-c4n[nH]c5ccc(-c6cncc(NC(=O)C7CCC7)c6)nc45)nc23)c1. The maximum Gasteiger partial charge on any atom is 0.227 e. The fraction of sp³-hybridized carbons (Fsp3) is 0.250. The third-order valence-electron chi connectivity index (χ3n) is 7.90. The van der Waals surface area contributed by atoms with Crippen LogP contribution >= 0.6 is 0 Å². The van der Waals surface area contributed by atoms with Crippen LogP contribution in [0.1, 0.15) is 19.3 Å². The predicted molar refractivity (Wildman–Crippen MR) is 168 cm³/mol. The molecule has 44 heavy (non-hydrogen) atoms. The quantitative estimate of drug-likeness (QED) is 0.174. The summed E-state index contributed by atoms with van der Waals surface area (Å²) in [4.78, 5) is 36.3. The van der Waals surface area contributed by atoms with E-state index >= 15 is 0 Å². The highest BCUT2D eigenvalue weighted by atomic mass is 19.1. The Morgan fingerprint density at radius 3 is 2.61 bits per heavy atom. The number of pyridine rings is 3. The van der Waals surface area contributed by atoms with Gasteiger partial charge in [0, 0.05) is 48.2 Å². The molecule has 1 saturated carbocycles. The van der Waals surface area contributed by atoms with E-state index in [1.807, 2.05) is 38.4 Å². The largest absolute Gasteiger partial charge is 0.384 e. The number of halogens is 1. The van der Waals surface area contributed by atoms with Crippen LogP contribution in [-0.4, -0.2) is 73.1 Å². The van der Waals surface area contributed by atoms with E-state index in [1.165, 1.54) is 12.1 Å². The lowest BCUT2D eigenvalue weighted by molar-refractivity contribution is -0.122. The first kappa shape index (κ1) is 27.6. The van der Waals surface area contributed by atoms with Crippen molar-refractivity contribution in [2.45, 2.75) is 19.3 Å². The first-order valence-corrected chi connectivity index (χ1v) is 14.6. The van der Waals surface area contributed by atoms with Gasteiger partial charge >= 0.3 is 0 Å². The molecule has 1 amide bonds. The molecule has 222 valence electrons. The van der Waals surface area contributed by atoms with Gasteiger partial charge in [-0.25, -0.2) is 14.4 Å². The molecular weight excluding hydrogens is 559 g/mol. The number of nitrogens with zero attached hydrogens (tertiary/aromatic N) is 6. The smallest absolute Gasteiger partial charge is 0.227 e. The molecule has 12 heteroatoms. The van der Waals surface area contributed by atoms with Gasteiger partial charge in [0.15, 0.2) is 11.5 Å². The van der Waals surface area contributed by atoms with E-state index in [2.05, 4.69) is 40.7 Å². The number of nitrogens with one attached hydrogen (secondary N) is 4. The van der Waals surface area contributed by atoms with Crippen molar-refractivity contribution in [3.8, 4) is 33.9 Å². The van der Waals surface area contributed by atoms with Gasteiger partial charge in [-0.15, -0.1) is 0 Å². The number of amides is 1. The van der Waals surface area contributed by atoms with Gasteiger partial charge in [-0.2, -0.15) is 5.10 Å². The van der Waals surface area contributed by atoms with E-state index in [-0.39, 0.29) is 17.6 Å². The molecule has 1 aromatic carbocycles. The van der Waals surface area contributed by atoms with Crippen molar-refractivity contribution >= 4 is 39.3 Å². The van der Waals surface area contributed by atoms with Gasteiger partial charge in [-0.3, -0.25) is 19.9 Å². The van der Waals surface area contributed by atoms with Crippen LogP contribution in [0.5, 0.6) is 0 Å². The zero-order valence-corrected chi connectivity index (χ0v) is 24.4. The first-order valence-electron chi connectivity index (χ1n) is 14.6. The molecule has 0 aliphatic heterocycles. The van der Waals surface area contributed by atoms with Gasteiger partial charge in [-0.05, 0) is 68.9 Å². The molecule has 5 heterocycles. The second-order valence-corrected chi connectivity index (χ2v) is 11.4. The molecule has 6 aromatic rings. The van der Waals surface area contributed by atoms with Gasteiger partial charge in [0.05, 0.1) is 40.3 Å². The second-order valence-electron chi connectivity index (χ2n) is 11.4. The Morgan fingerprint density at radius 1 is 0.955 bits per heavy atom. The van der Waals surface area contributed by atoms with Crippen LogP contribution in [-0.2, 0) is 4.79 Å². The molecule has 5 aromatic heterocycles. The van der Waals surface area contributed by atoms with Crippen LogP contribution in [0.2, 0.25) is 0 Å². The third kappa shape index (κ3) is 5.47. The maximum atomic E-state index is 14.7. The number of rotatable bonds is 9. The summed E-state index contributed by atoms with van der Waals surface area (Å²) in [5, 5.41) is 13.8. The standard InChI is InChI=1S/C32H31FN10O/c1-43(2)9-8-36-22-11-19(10-21(33)13-22)24-16-35-17-27-28(24)40-31(39-27)30-29-26(41-42-30)7-6-25(38-29)20-12-23(15-34-14-20)37-32(44)18-4-3-5-18/h6-7,10-18,36H,3-5,8-9H2,1-2H3,(H,37,44)(H,39,40)(H,41,42). The number of carbonyl (C=O) groups excluding carboxylic acids is 1. The minimum Gasteiger partial charge on any atom is -0.384 e. The average molecular weight is 591 g/mol. The van der Waals surface area contributed by atoms with E-state index < -0.39 is 0 Å². The van der Waals surface area contributed by atoms with Crippen LogP contribution in [0, 0.1) is 11.7 Å². The lowest BCUT2D eigenvalue weighted by atomic mass is 9.85. The minimum absolute atomic E-state index is 0.0320. The van der Waals surface area contributed by atoms with Crippen LogP contribution in [0.25, 0.3) is 56.0 Å². The molecule has 11 nitrogen and oxygen atoms in total. The maximum absolute atomic E-state index is 14.7. The highest BCUT2D eigenvalue weighted by Gasteiger charge is 2.25. The van der Waals surface area contributed by atoms with Crippen molar-refractivity contribution in [2.24, 2.45) is 5.92 Å². The zero-order chi connectivity index (χ0) is 30.2. The summed E-state index contributed by atoms with van der Waals surface area (Å²) < 4.78 is 14.7. The first-order chi connectivity index (χ1) is 21.4. The summed E-state index contributed by atoms with van der Waals surface area (Å²) in [5.74, 6) is 0.266. The number of benzene rings is 1. The zero-order valence-electron chi connectivity index (χ0n) is 24.4. The summed E-state index contributed by atoms with van der Waals surface area (Å²) in [6, 6.07) is 10.5. The summed E-state index contributed by atoms with van der Waals surface area (Å²) >= 11 is 0. The highest BCUT2D eigenvalue weighted by Crippen LogP contribution is 2.33. The van der Waals surface area contributed by atoms with E-state index in [0.29, 0.717) is 62.8 Å². The molecule has 0 radical (unpaired) electrons. The van der Waals surface area contributed by atoms with Gasteiger partial charge in [-0.1, -0.05) is 6.42 Å². The predicted octanol–water partition coefficient (Wildman–Crippen LogP) is 5.48. The number of H-pyrrole nitrogens is 2. The number of hydrogen-bond donors (Lipinski definition) is 4. The van der Waals surface area contributed by atoms with Crippen molar-refractivity contribution in [3.63, 3.8) is 0 Å². The van der Waals surface area contributed by atoms with Crippen molar-refractivity contribution in [3.05, 3.63) is 67.0 Å². The molecule has 0 bridgehead atoms. The third-order valence-corrected chi connectivity index (χ3v) is 7.90. The topological polar surface area (TPSA) is 140 Å². The molecule has 0 atom stereocenters. The number of anilines is 2. The number of aromatic amines is 2. The fourth-order valence-corrected chi connectivity index (χ4v) is 5.32. The average Bonchev–Trinajstić information content (AvgIpc) is 3.59. The van der Waals surface area contributed by atoms with Crippen molar-refractivity contribution in [1.29, 1.82) is 0 Å². The highest BCUT2D eigenvalue weighted by molar-refractivity contribution is 5.96. The van der Waals surface area contributed by atoms with Gasteiger partial charge in [0.1, 0.15) is 11.3 Å². The van der Waals surface area contributed by atoms with E-state index in [4.69, 9.17) is 9.97 Å². The molecular formula is C32H31FN10O. The van der Waals surface area contributed by atoms with E-state index in [9.17, 15) is 9.18 Å². The molecule has 0 spiro atoms. The van der Waals surface area contributed by atoms with Crippen molar-refractivity contribution in [2.75, 3.05) is 37.8 Å². The van der Waals surface area contributed by atoms with Crippen molar-refractivity contribution < 1.29 is 9.18 Å². The Balaban J connectivity index is 1.21. The van der Waals surface area contributed by atoms with Crippen LogP contribution in [0.3, 0.4) is 0 Å². The van der Waals surface area contributed by atoms with Gasteiger partial charge in [0.2, 0.25) is 5.91 Å². The van der Waals surface area contributed by atoms with E-state index in [1.54, 1.807) is 24.8 Å². The lowest BCUT2D eigenvalue weighted by Gasteiger charge is -2.24. The van der Waals surface area contributed by atoms with Gasteiger partial charge in [0.25, 0.3) is 0 Å². The van der Waals surface area contributed by atoms with E-state index in [0.717, 1.165) is 36.9 Å². The molecule has 4 N–H and O–H groups in total. The summed E-state index contributed by atoms with van der Waals surface area (Å²) in [5.41, 5.74) is 7.37. The number of fused-ring (bicyclic) bond motifs is 2. The molecule has 1 aliphatic carbocycles. The Kier molecular flexibility index (Phi) is 7.18. The normalized spacial score (nSPS) is 13.5. The summed E-state index contributed by atoms with van der Waals surface area (Å²) in [6.07, 6.45) is 9.69. The molecule has 0 saturated heterocycles. The van der Waals surface area contributed by atoms with Crippen LogP contribution in [0.4, 0.5) is 15.8 Å². The Morgan fingerprint density at radius 2 is 1.80 bits per heavy atom. The monoisotopic (exact) mass is 590 g/mol. The number of hydrogen-bond acceptors (Lipinski definition) is 8. The fourth-order valence-electron chi connectivity index (χ4n) is 5.32. The Hall–Kier alpha value is -5.23. The molecule has 0 unspecified atom stereocenters. The van der Waals surface area contributed by atoms with Crippen LogP contribution < -0.4 is 10.6 Å². The Labute approximate surface area is 252 Å².